The molecule has 3 heterocycles. The molecular weight excluding hydrogens is 294 g/mol. The van der Waals surface area contributed by atoms with E-state index in [1.807, 2.05) is 12.3 Å². The highest BCUT2D eigenvalue weighted by molar-refractivity contribution is 6.31. The molecule has 0 amide bonds. The van der Waals surface area contributed by atoms with E-state index in [9.17, 15) is 0 Å². The first kappa shape index (κ1) is 14.0. The van der Waals surface area contributed by atoms with Crippen molar-refractivity contribution in [2.75, 3.05) is 25.0 Å². The maximum Gasteiger partial charge on any atom is 0.0634 e. The molecule has 0 atom stereocenters. The van der Waals surface area contributed by atoms with E-state index in [1.54, 1.807) is 6.20 Å². The minimum absolute atomic E-state index is 0.329. The second kappa shape index (κ2) is 5.56. The van der Waals surface area contributed by atoms with Crippen LogP contribution in [0.25, 0.3) is 0 Å². The summed E-state index contributed by atoms with van der Waals surface area (Å²) in [5.41, 5.74) is 4.34. The van der Waals surface area contributed by atoms with Gasteiger partial charge >= 0.3 is 0 Å². The summed E-state index contributed by atoms with van der Waals surface area (Å²) >= 11 is 6.23. The van der Waals surface area contributed by atoms with Gasteiger partial charge in [0.1, 0.15) is 0 Å². The summed E-state index contributed by atoms with van der Waals surface area (Å²) in [6, 6.07) is 10.8. The molecule has 1 aromatic carbocycles. The Bertz CT molecular complexity index is 678. The number of piperidine rings is 1. The lowest BCUT2D eigenvalue weighted by Gasteiger charge is -2.39. The molecule has 0 aliphatic carbocycles. The highest BCUT2D eigenvalue weighted by Gasteiger charge is 2.41. The molecular formula is C18H20ClN3. The number of nitrogens with one attached hydrogen (secondary N) is 1. The van der Waals surface area contributed by atoms with Crippen LogP contribution in [0.2, 0.25) is 5.02 Å². The lowest BCUT2D eigenvalue weighted by atomic mass is 9.74. The lowest BCUT2D eigenvalue weighted by Crippen LogP contribution is -2.43. The zero-order chi connectivity index (χ0) is 15.0. The number of halogens is 1. The predicted molar refractivity (Wildman–Crippen MR) is 90.4 cm³/mol. The molecule has 0 unspecified atom stereocenters. The number of para-hydroxylation sites is 1. The number of pyridine rings is 1. The number of rotatable bonds is 2. The predicted octanol–water partition coefficient (Wildman–Crippen LogP) is 3.69. The van der Waals surface area contributed by atoms with Gasteiger partial charge in [-0.15, -0.1) is 0 Å². The number of hydrogen-bond donors (Lipinski definition) is 1. The number of likely N-dealkylation sites (tertiary alicyclic amines) is 1. The zero-order valence-corrected chi connectivity index (χ0v) is 13.3. The maximum absolute atomic E-state index is 6.23. The SMILES string of the molecule is Clc1cnccc1CN1CCC2(CC1)CNc1ccccc12. The second-order valence-corrected chi connectivity index (χ2v) is 6.83. The van der Waals surface area contributed by atoms with Gasteiger partial charge in [0.25, 0.3) is 0 Å². The summed E-state index contributed by atoms with van der Waals surface area (Å²) in [6.07, 6.45) is 5.97. The molecule has 0 saturated carbocycles. The number of nitrogens with zero attached hydrogens (tertiary/aromatic N) is 2. The Labute approximate surface area is 136 Å². The Morgan fingerprint density at radius 3 is 2.82 bits per heavy atom. The van der Waals surface area contributed by atoms with E-state index in [0.717, 1.165) is 31.2 Å². The normalized spacial score (nSPS) is 19.9. The standard InChI is InChI=1S/C18H20ClN3/c19-16-11-20-8-5-14(16)12-22-9-6-18(7-10-22)13-21-17-4-2-1-3-15(17)18/h1-5,8,11,21H,6-7,9-10,12-13H2. The average molecular weight is 314 g/mol. The van der Waals surface area contributed by atoms with Gasteiger partial charge in [0.2, 0.25) is 0 Å². The molecule has 1 saturated heterocycles. The first-order valence-corrected chi connectivity index (χ1v) is 8.29. The van der Waals surface area contributed by atoms with Gasteiger partial charge in [-0.2, -0.15) is 0 Å². The van der Waals surface area contributed by atoms with Crippen LogP contribution in [0.15, 0.2) is 42.7 Å². The largest absolute Gasteiger partial charge is 0.384 e. The van der Waals surface area contributed by atoms with Crippen molar-refractivity contribution in [3.05, 3.63) is 58.9 Å². The van der Waals surface area contributed by atoms with Gasteiger partial charge in [-0.25, -0.2) is 0 Å². The molecule has 1 aromatic heterocycles. The van der Waals surface area contributed by atoms with Crippen molar-refractivity contribution in [3.63, 3.8) is 0 Å². The Balaban J connectivity index is 1.47. The van der Waals surface area contributed by atoms with Crippen LogP contribution in [-0.2, 0) is 12.0 Å². The Kier molecular flexibility index (Phi) is 3.55. The number of aromatic nitrogens is 1. The van der Waals surface area contributed by atoms with E-state index in [4.69, 9.17) is 11.6 Å². The number of hydrogen-bond acceptors (Lipinski definition) is 3. The van der Waals surface area contributed by atoms with E-state index in [0.29, 0.717) is 5.41 Å². The van der Waals surface area contributed by atoms with Crippen molar-refractivity contribution < 1.29 is 0 Å². The topological polar surface area (TPSA) is 28.2 Å². The van der Waals surface area contributed by atoms with Crippen molar-refractivity contribution in [2.45, 2.75) is 24.8 Å². The van der Waals surface area contributed by atoms with Crippen LogP contribution in [-0.4, -0.2) is 29.5 Å². The molecule has 22 heavy (non-hydrogen) atoms. The van der Waals surface area contributed by atoms with Crippen LogP contribution in [0.1, 0.15) is 24.0 Å². The summed E-state index contributed by atoms with van der Waals surface area (Å²) in [6.45, 7) is 4.24. The van der Waals surface area contributed by atoms with Crippen LogP contribution in [0.3, 0.4) is 0 Å². The highest BCUT2D eigenvalue weighted by Crippen LogP contribution is 2.43. The fraction of sp³-hybridized carbons (Fsp3) is 0.389. The third-order valence-electron chi connectivity index (χ3n) is 5.18. The fourth-order valence-corrected chi connectivity index (χ4v) is 4.00. The smallest absolute Gasteiger partial charge is 0.0634 e. The molecule has 1 fully saturated rings. The van der Waals surface area contributed by atoms with Gasteiger partial charge in [-0.1, -0.05) is 29.8 Å². The van der Waals surface area contributed by atoms with E-state index >= 15 is 0 Å². The van der Waals surface area contributed by atoms with Crippen molar-refractivity contribution >= 4 is 17.3 Å². The first-order valence-electron chi connectivity index (χ1n) is 7.91. The van der Waals surface area contributed by atoms with Gasteiger partial charge < -0.3 is 5.32 Å². The van der Waals surface area contributed by atoms with Crippen LogP contribution < -0.4 is 5.32 Å². The average Bonchev–Trinajstić information content (AvgIpc) is 2.91. The summed E-state index contributed by atoms with van der Waals surface area (Å²) in [7, 11) is 0. The monoisotopic (exact) mass is 313 g/mol. The lowest BCUT2D eigenvalue weighted by molar-refractivity contribution is 0.162. The quantitative estimate of drug-likeness (QED) is 0.916. The molecule has 4 rings (SSSR count). The molecule has 2 aromatic rings. The van der Waals surface area contributed by atoms with E-state index in [-0.39, 0.29) is 0 Å². The van der Waals surface area contributed by atoms with Gasteiger partial charge in [-0.05, 0) is 49.2 Å². The number of fused-ring (bicyclic) bond motifs is 2. The number of anilines is 1. The maximum atomic E-state index is 6.23. The molecule has 4 heteroatoms. The molecule has 1 N–H and O–H groups in total. The summed E-state index contributed by atoms with van der Waals surface area (Å²) in [4.78, 5) is 6.57. The highest BCUT2D eigenvalue weighted by atomic mass is 35.5. The van der Waals surface area contributed by atoms with E-state index in [2.05, 4.69) is 39.5 Å². The molecule has 1 spiro atoms. The van der Waals surface area contributed by atoms with Crippen molar-refractivity contribution in [1.82, 2.24) is 9.88 Å². The Morgan fingerprint density at radius 2 is 2.00 bits per heavy atom. The van der Waals surface area contributed by atoms with Gasteiger partial charge in [0, 0.05) is 36.6 Å². The van der Waals surface area contributed by atoms with Crippen LogP contribution in [0.5, 0.6) is 0 Å². The molecule has 3 nitrogen and oxygen atoms in total. The van der Waals surface area contributed by atoms with Crippen molar-refractivity contribution in [1.29, 1.82) is 0 Å². The zero-order valence-electron chi connectivity index (χ0n) is 12.6. The minimum atomic E-state index is 0.329. The summed E-state index contributed by atoms with van der Waals surface area (Å²) in [5.74, 6) is 0. The molecule has 2 aliphatic rings. The van der Waals surface area contributed by atoms with Crippen LogP contribution in [0, 0.1) is 0 Å². The molecule has 114 valence electrons. The minimum Gasteiger partial charge on any atom is -0.384 e. The van der Waals surface area contributed by atoms with E-state index < -0.39 is 0 Å². The fourth-order valence-electron chi connectivity index (χ4n) is 3.82. The second-order valence-electron chi connectivity index (χ2n) is 6.42. The van der Waals surface area contributed by atoms with Gasteiger partial charge in [-0.3, -0.25) is 9.88 Å². The van der Waals surface area contributed by atoms with E-state index in [1.165, 1.54) is 29.7 Å². The van der Waals surface area contributed by atoms with Crippen molar-refractivity contribution in [2.24, 2.45) is 0 Å². The Hall–Kier alpha value is -1.58. The first-order chi connectivity index (χ1) is 10.8. The van der Waals surface area contributed by atoms with Crippen LogP contribution in [0.4, 0.5) is 5.69 Å². The Morgan fingerprint density at radius 1 is 1.18 bits per heavy atom. The molecule has 0 bridgehead atoms. The van der Waals surface area contributed by atoms with Crippen LogP contribution >= 0.6 is 11.6 Å². The summed E-state index contributed by atoms with van der Waals surface area (Å²) in [5, 5.41) is 4.36. The van der Waals surface area contributed by atoms with Crippen molar-refractivity contribution in [3.8, 4) is 0 Å². The molecule has 0 radical (unpaired) electrons. The molecule has 2 aliphatic heterocycles. The summed E-state index contributed by atoms with van der Waals surface area (Å²) < 4.78 is 0. The number of benzene rings is 1. The third kappa shape index (κ3) is 2.38. The van der Waals surface area contributed by atoms with Gasteiger partial charge in [0.15, 0.2) is 0 Å². The third-order valence-corrected chi connectivity index (χ3v) is 5.52. The van der Waals surface area contributed by atoms with Gasteiger partial charge in [0.05, 0.1) is 5.02 Å².